The van der Waals surface area contributed by atoms with Gasteiger partial charge in [0.25, 0.3) is 5.91 Å². The fourth-order valence-corrected chi connectivity index (χ4v) is 5.70. The van der Waals surface area contributed by atoms with Crippen molar-refractivity contribution in [2.45, 2.75) is 31.1 Å². The van der Waals surface area contributed by atoms with E-state index in [1.165, 1.54) is 17.2 Å². The Morgan fingerprint density at radius 3 is 2.70 bits per heavy atom. The van der Waals surface area contributed by atoms with Crippen molar-refractivity contribution in [2.75, 3.05) is 27.2 Å². The van der Waals surface area contributed by atoms with E-state index in [2.05, 4.69) is 15.5 Å². The summed E-state index contributed by atoms with van der Waals surface area (Å²) in [7, 11) is 3.95. The third-order valence-electron chi connectivity index (χ3n) is 7.22. The summed E-state index contributed by atoms with van der Waals surface area (Å²) >= 11 is 0. The number of fused-ring (bicyclic) bond motifs is 9. The molecule has 4 aromatic rings. The summed E-state index contributed by atoms with van der Waals surface area (Å²) in [6.07, 6.45) is 5.17. The van der Waals surface area contributed by atoms with E-state index in [0.717, 1.165) is 47.8 Å². The number of amides is 1. The zero-order valence-corrected chi connectivity index (χ0v) is 18.8. The van der Waals surface area contributed by atoms with Crippen LogP contribution in [0.5, 0.6) is 0 Å². The first-order valence-corrected chi connectivity index (χ1v) is 11.5. The van der Waals surface area contributed by atoms with Gasteiger partial charge in [-0.25, -0.2) is 9.37 Å². The van der Waals surface area contributed by atoms with Crippen LogP contribution in [0.2, 0.25) is 0 Å². The molecule has 0 radical (unpaired) electrons. The number of halogens is 1. The van der Waals surface area contributed by atoms with Crippen LogP contribution < -0.4 is 5.32 Å². The first-order valence-electron chi connectivity index (χ1n) is 11.5. The second-order valence-electron chi connectivity index (χ2n) is 9.54. The van der Waals surface area contributed by atoms with Crippen molar-refractivity contribution in [3.8, 4) is 11.3 Å². The molecule has 6 rings (SSSR count). The molecule has 2 aliphatic carbocycles. The Kier molecular flexibility index (Phi) is 4.69. The maximum atomic E-state index is 15.2. The molecular weight excluding hydrogens is 417 g/mol. The minimum atomic E-state index is -0.328. The lowest BCUT2D eigenvalue weighted by atomic mass is 9.85. The molecule has 6 nitrogen and oxygen atoms in total. The van der Waals surface area contributed by atoms with Crippen LogP contribution in [0.15, 0.2) is 36.5 Å². The highest BCUT2D eigenvalue weighted by Crippen LogP contribution is 2.58. The van der Waals surface area contributed by atoms with Crippen LogP contribution in [0.25, 0.3) is 33.1 Å². The summed E-state index contributed by atoms with van der Waals surface area (Å²) in [6.45, 7) is 1.38. The molecule has 2 bridgehead atoms. The van der Waals surface area contributed by atoms with Crippen LogP contribution >= 0.6 is 0 Å². The zero-order valence-electron chi connectivity index (χ0n) is 18.8. The first-order chi connectivity index (χ1) is 16.0. The molecule has 7 heteroatoms. The number of nitrogens with one attached hydrogen (secondary N) is 2. The van der Waals surface area contributed by atoms with Gasteiger partial charge in [-0.1, -0.05) is 12.1 Å². The lowest BCUT2D eigenvalue weighted by Crippen LogP contribution is -2.31. The molecule has 33 heavy (non-hydrogen) atoms. The van der Waals surface area contributed by atoms with Crippen molar-refractivity contribution in [3.05, 3.63) is 59.0 Å². The molecule has 1 saturated carbocycles. The number of likely N-dealkylation sites (N-methyl/N-ethyl adjacent to an activating group) is 1. The average Bonchev–Trinajstić information content (AvgIpc) is 3.55. The quantitative estimate of drug-likeness (QED) is 0.474. The van der Waals surface area contributed by atoms with Gasteiger partial charge in [0.1, 0.15) is 5.52 Å². The average molecular weight is 444 g/mol. The molecule has 0 spiro atoms. The van der Waals surface area contributed by atoms with Gasteiger partial charge in [0.05, 0.1) is 17.4 Å². The van der Waals surface area contributed by atoms with E-state index in [0.29, 0.717) is 35.0 Å². The maximum absolute atomic E-state index is 15.2. The lowest BCUT2D eigenvalue weighted by Gasteiger charge is -2.21. The zero-order chi connectivity index (χ0) is 22.7. The second kappa shape index (κ2) is 7.63. The number of hydrogen-bond donors (Lipinski definition) is 2. The summed E-state index contributed by atoms with van der Waals surface area (Å²) in [4.78, 5) is 19.4. The molecule has 2 heterocycles. The molecule has 1 fully saturated rings. The van der Waals surface area contributed by atoms with Crippen LogP contribution in [0.1, 0.15) is 52.6 Å². The SMILES string of the molecule is CN(C)CCNC(=O)c1ccc(-c2nc3c(F)cc4[nH]ncc4c3c3c2C2CCC3C2)cc1. The molecule has 2 atom stereocenters. The summed E-state index contributed by atoms with van der Waals surface area (Å²) in [5, 5.41) is 11.9. The Bertz CT molecular complexity index is 1390. The van der Waals surface area contributed by atoms with Crippen molar-refractivity contribution < 1.29 is 9.18 Å². The van der Waals surface area contributed by atoms with Gasteiger partial charge in [-0.2, -0.15) is 5.10 Å². The number of aromatic amines is 1. The Labute approximate surface area is 191 Å². The predicted octanol–water partition coefficient (Wildman–Crippen LogP) is 4.57. The molecule has 2 aliphatic rings. The van der Waals surface area contributed by atoms with E-state index in [9.17, 15) is 4.79 Å². The number of benzene rings is 2. The predicted molar refractivity (Wildman–Crippen MR) is 127 cm³/mol. The van der Waals surface area contributed by atoms with Crippen LogP contribution in [0.3, 0.4) is 0 Å². The Hall–Kier alpha value is -3.32. The molecule has 0 aliphatic heterocycles. The highest BCUT2D eigenvalue weighted by atomic mass is 19.1. The van der Waals surface area contributed by atoms with Crippen LogP contribution in [0.4, 0.5) is 4.39 Å². The normalized spacial score (nSPS) is 19.0. The highest BCUT2D eigenvalue weighted by Gasteiger charge is 2.41. The molecule has 0 saturated heterocycles. The van der Waals surface area contributed by atoms with Crippen molar-refractivity contribution in [2.24, 2.45) is 0 Å². The summed E-state index contributed by atoms with van der Waals surface area (Å²) in [5.74, 6) is 0.477. The Balaban J connectivity index is 1.45. The monoisotopic (exact) mass is 443 g/mol. The van der Waals surface area contributed by atoms with Crippen molar-refractivity contribution in [3.63, 3.8) is 0 Å². The van der Waals surface area contributed by atoms with E-state index in [1.54, 1.807) is 6.20 Å². The fourth-order valence-electron chi connectivity index (χ4n) is 5.70. The van der Waals surface area contributed by atoms with Gasteiger partial charge in [0.15, 0.2) is 5.82 Å². The van der Waals surface area contributed by atoms with Crippen LogP contribution in [-0.2, 0) is 0 Å². The number of rotatable bonds is 5. The van der Waals surface area contributed by atoms with Crippen LogP contribution in [-0.4, -0.2) is 53.2 Å². The number of H-pyrrole nitrogens is 1. The largest absolute Gasteiger partial charge is 0.351 e. The topological polar surface area (TPSA) is 73.9 Å². The number of aromatic nitrogens is 3. The van der Waals surface area contributed by atoms with E-state index in [1.807, 2.05) is 43.3 Å². The van der Waals surface area contributed by atoms with Gasteiger partial charge in [-0.05, 0) is 68.5 Å². The van der Waals surface area contributed by atoms with Crippen molar-refractivity contribution >= 4 is 27.7 Å². The van der Waals surface area contributed by atoms with Crippen molar-refractivity contribution in [1.29, 1.82) is 0 Å². The fraction of sp³-hybridized carbons (Fsp3) is 0.346. The molecule has 2 aromatic heterocycles. The molecule has 2 N–H and O–H groups in total. The van der Waals surface area contributed by atoms with Gasteiger partial charge < -0.3 is 10.2 Å². The minimum Gasteiger partial charge on any atom is -0.351 e. The highest BCUT2D eigenvalue weighted by molar-refractivity contribution is 6.08. The maximum Gasteiger partial charge on any atom is 0.251 e. The van der Waals surface area contributed by atoms with Crippen molar-refractivity contribution in [1.82, 2.24) is 25.4 Å². The molecule has 2 unspecified atom stereocenters. The molecule has 1 amide bonds. The molecule has 168 valence electrons. The van der Waals surface area contributed by atoms with Crippen LogP contribution in [0, 0.1) is 5.82 Å². The van der Waals surface area contributed by atoms with E-state index in [-0.39, 0.29) is 11.7 Å². The van der Waals surface area contributed by atoms with Gasteiger partial charge in [0, 0.05) is 41.1 Å². The van der Waals surface area contributed by atoms with Gasteiger partial charge in [0.2, 0.25) is 0 Å². The second-order valence-corrected chi connectivity index (χ2v) is 9.54. The van der Waals surface area contributed by atoms with Gasteiger partial charge >= 0.3 is 0 Å². The number of hydrogen-bond acceptors (Lipinski definition) is 4. The molecule has 2 aromatic carbocycles. The number of nitrogens with zero attached hydrogens (tertiary/aromatic N) is 3. The molecular formula is C26H26FN5O. The summed E-state index contributed by atoms with van der Waals surface area (Å²) < 4.78 is 15.2. The van der Waals surface area contributed by atoms with E-state index in [4.69, 9.17) is 4.98 Å². The number of pyridine rings is 1. The third kappa shape index (κ3) is 3.22. The van der Waals surface area contributed by atoms with Gasteiger partial charge in [-0.3, -0.25) is 9.89 Å². The minimum absolute atomic E-state index is 0.0902. The first kappa shape index (κ1) is 20.3. The Morgan fingerprint density at radius 1 is 1.18 bits per heavy atom. The lowest BCUT2D eigenvalue weighted by molar-refractivity contribution is 0.0951. The standard InChI is InChI=1S/C26H26FN5O/c1-32(2)10-9-28-26(33)15-5-3-14(4-6-15)24-22-17-8-7-16(11-17)21(22)23-18-13-29-31-20(18)12-19(27)25(23)30-24/h3-6,12-13,16-17H,7-11H2,1-2H3,(H,28,33)(H,29,31). The summed E-state index contributed by atoms with van der Waals surface area (Å²) in [5.41, 5.74) is 6.03. The number of carbonyl (C=O) groups excluding carboxylic acids is 1. The number of carbonyl (C=O) groups is 1. The Morgan fingerprint density at radius 2 is 1.94 bits per heavy atom. The van der Waals surface area contributed by atoms with Gasteiger partial charge in [-0.15, -0.1) is 0 Å². The van der Waals surface area contributed by atoms with E-state index >= 15 is 4.39 Å². The van der Waals surface area contributed by atoms with E-state index < -0.39 is 0 Å². The third-order valence-corrected chi connectivity index (χ3v) is 7.22. The smallest absolute Gasteiger partial charge is 0.251 e. The summed E-state index contributed by atoms with van der Waals surface area (Å²) in [6, 6.07) is 9.04.